The molecule has 1 aliphatic heterocycles. The number of sulfonamides is 1. The Kier molecular flexibility index (Phi) is 8.09. The Morgan fingerprint density at radius 1 is 1.12 bits per heavy atom. The number of amides is 1. The second-order valence-corrected chi connectivity index (χ2v) is 10.8. The van der Waals surface area contributed by atoms with E-state index in [2.05, 4.69) is 17.4 Å². The van der Waals surface area contributed by atoms with Crippen LogP contribution in [0, 0.1) is 0 Å². The van der Waals surface area contributed by atoms with Crippen LogP contribution in [-0.2, 0) is 25.0 Å². The molecule has 3 rings (SSSR count). The molecule has 0 saturated carbocycles. The van der Waals surface area contributed by atoms with Gasteiger partial charge in [0.2, 0.25) is 15.9 Å². The Labute approximate surface area is 199 Å². The summed E-state index contributed by atoms with van der Waals surface area (Å²) in [4.78, 5) is 13.3. The average molecular weight is 499 g/mol. The summed E-state index contributed by atoms with van der Waals surface area (Å²) in [6, 6.07) is 13.6. The van der Waals surface area contributed by atoms with Crippen molar-refractivity contribution in [3.05, 3.63) is 64.1 Å². The minimum absolute atomic E-state index is 0.260. The maximum Gasteiger partial charge on any atom is 0.243 e. The van der Waals surface area contributed by atoms with Gasteiger partial charge in [0.1, 0.15) is 6.04 Å². The summed E-state index contributed by atoms with van der Waals surface area (Å²) in [5.74, 6) is -0.365. The normalized spacial score (nSPS) is 16.9. The van der Waals surface area contributed by atoms with E-state index in [1.165, 1.54) is 18.2 Å². The van der Waals surface area contributed by atoms with Crippen molar-refractivity contribution in [2.45, 2.75) is 37.6 Å². The number of nitrogens with zero attached hydrogens (tertiary/aromatic N) is 1. The molecule has 0 bridgehead atoms. The maximum atomic E-state index is 13.3. The number of benzene rings is 2. The molecule has 2 aromatic carbocycles. The molecule has 9 heteroatoms. The van der Waals surface area contributed by atoms with Gasteiger partial charge in [-0.3, -0.25) is 9.10 Å². The molecule has 0 radical (unpaired) electrons. The number of hydrogen-bond donors (Lipinski definition) is 1. The first-order chi connectivity index (χ1) is 15.2. The van der Waals surface area contributed by atoms with Crippen LogP contribution in [0.15, 0.2) is 48.5 Å². The number of hydrogen-bond acceptors (Lipinski definition) is 4. The first-order valence-electron chi connectivity index (χ1n) is 10.5. The largest absolute Gasteiger partial charge is 0.381 e. The highest BCUT2D eigenvalue weighted by Gasteiger charge is 2.37. The molecule has 1 N–H and O–H groups in total. The summed E-state index contributed by atoms with van der Waals surface area (Å²) >= 11 is 12.2. The summed E-state index contributed by atoms with van der Waals surface area (Å²) in [6.45, 7) is 3.39. The van der Waals surface area contributed by atoms with Crippen LogP contribution in [0.25, 0.3) is 0 Å². The summed E-state index contributed by atoms with van der Waals surface area (Å²) in [7, 11) is -3.78. The molecule has 32 heavy (non-hydrogen) atoms. The second kappa shape index (κ2) is 10.4. The Bertz CT molecular complexity index is 1020. The van der Waals surface area contributed by atoms with Gasteiger partial charge in [-0.2, -0.15) is 0 Å². The van der Waals surface area contributed by atoms with Crippen LogP contribution in [0.3, 0.4) is 0 Å². The van der Waals surface area contributed by atoms with Crippen molar-refractivity contribution >= 4 is 44.8 Å². The van der Waals surface area contributed by atoms with Crippen molar-refractivity contribution in [1.82, 2.24) is 5.32 Å². The number of carbonyl (C=O) groups excluding carboxylic acids is 1. The minimum atomic E-state index is -3.78. The maximum absolute atomic E-state index is 13.3. The van der Waals surface area contributed by atoms with Gasteiger partial charge in [-0.1, -0.05) is 60.5 Å². The molecular formula is C23H28Cl2N2O4S. The van der Waals surface area contributed by atoms with E-state index < -0.39 is 16.1 Å². The summed E-state index contributed by atoms with van der Waals surface area (Å²) in [6.07, 6.45) is 2.90. The van der Waals surface area contributed by atoms with Gasteiger partial charge >= 0.3 is 0 Å². The Morgan fingerprint density at radius 3 is 2.25 bits per heavy atom. The third-order valence-corrected chi connectivity index (χ3v) is 7.48. The molecule has 1 aliphatic rings. The van der Waals surface area contributed by atoms with Crippen LogP contribution < -0.4 is 9.62 Å². The molecule has 1 fully saturated rings. The first kappa shape index (κ1) is 24.8. The molecule has 1 heterocycles. The highest BCUT2D eigenvalue weighted by Crippen LogP contribution is 2.34. The third-order valence-electron chi connectivity index (χ3n) is 5.87. The molecular weight excluding hydrogens is 471 g/mol. The zero-order valence-electron chi connectivity index (χ0n) is 18.2. The van der Waals surface area contributed by atoms with E-state index in [0.717, 1.165) is 29.0 Å². The molecule has 1 atom stereocenters. The SMILES string of the molecule is CCC(C(=O)NCC1(c2ccccc2)CCOCC1)N(c1cc(Cl)cc(Cl)c1)S(C)(=O)=O. The monoisotopic (exact) mass is 498 g/mol. The van der Waals surface area contributed by atoms with Crippen LogP contribution in [0.5, 0.6) is 0 Å². The second-order valence-electron chi connectivity index (χ2n) is 8.09. The van der Waals surface area contributed by atoms with Gasteiger partial charge in [-0.05, 0) is 43.0 Å². The smallest absolute Gasteiger partial charge is 0.243 e. The number of rotatable bonds is 8. The molecule has 174 valence electrons. The molecule has 0 aromatic heterocycles. The zero-order valence-corrected chi connectivity index (χ0v) is 20.5. The van der Waals surface area contributed by atoms with E-state index in [9.17, 15) is 13.2 Å². The highest BCUT2D eigenvalue weighted by molar-refractivity contribution is 7.92. The quantitative estimate of drug-likeness (QED) is 0.584. The van der Waals surface area contributed by atoms with Crippen molar-refractivity contribution in [3.8, 4) is 0 Å². The fourth-order valence-electron chi connectivity index (χ4n) is 4.22. The summed E-state index contributed by atoms with van der Waals surface area (Å²) < 4.78 is 32.0. The Hall–Kier alpha value is -1.80. The van der Waals surface area contributed by atoms with Crippen molar-refractivity contribution in [2.75, 3.05) is 30.3 Å². The van der Waals surface area contributed by atoms with E-state index in [-0.39, 0.29) is 23.4 Å². The van der Waals surface area contributed by atoms with Gasteiger partial charge < -0.3 is 10.1 Å². The van der Waals surface area contributed by atoms with Crippen molar-refractivity contribution in [2.24, 2.45) is 0 Å². The lowest BCUT2D eigenvalue weighted by molar-refractivity contribution is -0.122. The third kappa shape index (κ3) is 5.76. The number of carbonyl (C=O) groups is 1. The van der Waals surface area contributed by atoms with Gasteiger partial charge in [0.25, 0.3) is 0 Å². The summed E-state index contributed by atoms with van der Waals surface area (Å²) in [5.41, 5.74) is 1.14. The van der Waals surface area contributed by atoms with Gasteiger partial charge in [-0.15, -0.1) is 0 Å². The number of halogens is 2. The van der Waals surface area contributed by atoms with Crippen LogP contribution >= 0.6 is 23.2 Å². The summed E-state index contributed by atoms with van der Waals surface area (Å²) in [5, 5.41) is 3.61. The zero-order chi connectivity index (χ0) is 23.4. The van der Waals surface area contributed by atoms with Gasteiger partial charge in [0.05, 0.1) is 11.9 Å². The number of ether oxygens (including phenoxy) is 1. The van der Waals surface area contributed by atoms with Crippen LogP contribution in [0.4, 0.5) is 5.69 Å². The lowest BCUT2D eigenvalue weighted by Crippen LogP contribution is -2.52. The van der Waals surface area contributed by atoms with Gasteiger partial charge in [-0.25, -0.2) is 8.42 Å². The topological polar surface area (TPSA) is 75.7 Å². The first-order valence-corrected chi connectivity index (χ1v) is 13.1. The molecule has 1 amide bonds. The molecule has 0 spiro atoms. The lowest BCUT2D eigenvalue weighted by atomic mass is 9.74. The fraction of sp³-hybridized carbons (Fsp3) is 0.435. The predicted molar refractivity (Wildman–Crippen MR) is 129 cm³/mol. The fourth-order valence-corrected chi connectivity index (χ4v) is 5.93. The van der Waals surface area contributed by atoms with Crippen LogP contribution in [0.1, 0.15) is 31.7 Å². The van der Waals surface area contributed by atoms with E-state index in [4.69, 9.17) is 27.9 Å². The van der Waals surface area contributed by atoms with E-state index in [0.29, 0.717) is 29.8 Å². The van der Waals surface area contributed by atoms with Crippen molar-refractivity contribution in [3.63, 3.8) is 0 Å². The van der Waals surface area contributed by atoms with Crippen molar-refractivity contribution in [1.29, 1.82) is 0 Å². The Balaban J connectivity index is 1.87. The Morgan fingerprint density at radius 2 is 1.72 bits per heavy atom. The lowest BCUT2D eigenvalue weighted by Gasteiger charge is -2.39. The minimum Gasteiger partial charge on any atom is -0.381 e. The van der Waals surface area contributed by atoms with Crippen LogP contribution in [-0.4, -0.2) is 46.4 Å². The molecule has 2 aromatic rings. The number of anilines is 1. The van der Waals surface area contributed by atoms with E-state index in [1.54, 1.807) is 6.92 Å². The van der Waals surface area contributed by atoms with Gasteiger partial charge in [0, 0.05) is 35.2 Å². The molecule has 6 nitrogen and oxygen atoms in total. The van der Waals surface area contributed by atoms with E-state index >= 15 is 0 Å². The standard InChI is InChI=1S/C23H28Cl2N2O4S/c1-3-21(27(32(2,29)30)20-14-18(24)13-19(25)15-20)22(28)26-16-23(9-11-31-12-10-23)17-7-5-4-6-8-17/h4-8,13-15,21H,3,9-12,16H2,1-2H3,(H,26,28). The highest BCUT2D eigenvalue weighted by atomic mass is 35.5. The van der Waals surface area contributed by atoms with Crippen LogP contribution in [0.2, 0.25) is 10.0 Å². The van der Waals surface area contributed by atoms with Gasteiger partial charge in [0.15, 0.2) is 0 Å². The number of nitrogens with one attached hydrogen (secondary N) is 1. The molecule has 0 aliphatic carbocycles. The average Bonchev–Trinajstić information content (AvgIpc) is 2.75. The van der Waals surface area contributed by atoms with Crippen molar-refractivity contribution < 1.29 is 17.9 Å². The van der Waals surface area contributed by atoms with E-state index in [1.807, 2.05) is 18.2 Å². The molecule has 1 saturated heterocycles. The predicted octanol–water partition coefficient (Wildman–Crippen LogP) is 4.40. The molecule has 1 unspecified atom stereocenters.